The number of methoxy groups -OCH3 is 1. The largest absolute Gasteiger partial charge is 0.495 e. The second-order valence-electron chi connectivity index (χ2n) is 6.84. The van der Waals surface area contributed by atoms with Crippen molar-refractivity contribution in [3.63, 3.8) is 0 Å². The lowest BCUT2D eigenvalue weighted by molar-refractivity contribution is -0.132. The van der Waals surface area contributed by atoms with Gasteiger partial charge in [0.25, 0.3) is 0 Å². The SMILES string of the molecule is COc1ccccc1N1CCN(C(=O)CN(C)Cc2cccc(Cl)c2)CC1. The number of para-hydroxylation sites is 2. The topological polar surface area (TPSA) is 36.0 Å². The van der Waals surface area contributed by atoms with E-state index >= 15 is 0 Å². The van der Waals surface area contributed by atoms with E-state index in [0.717, 1.165) is 48.2 Å². The summed E-state index contributed by atoms with van der Waals surface area (Å²) in [6.07, 6.45) is 0. The predicted molar refractivity (Wildman–Crippen MR) is 110 cm³/mol. The zero-order chi connectivity index (χ0) is 19.2. The summed E-state index contributed by atoms with van der Waals surface area (Å²) in [5.74, 6) is 1.04. The molecule has 6 heteroatoms. The fourth-order valence-electron chi connectivity index (χ4n) is 3.42. The summed E-state index contributed by atoms with van der Waals surface area (Å²) in [6.45, 7) is 4.17. The van der Waals surface area contributed by atoms with Crippen LogP contribution in [-0.2, 0) is 11.3 Å². The van der Waals surface area contributed by atoms with Crippen LogP contribution in [0.3, 0.4) is 0 Å². The minimum Gasteiger partial charge on any atom is -0.495 e. The number of anilines is 1. The Bertz CT molecular complexity index is 776. The van der Waals surface area contributed by atoms with Gasteiger partial charge in [0.2, 0.25) is 5.91 Å². The number of hydrogen-bond donors (Lipinski definition) is 0. The number of likely N-dealkylation sites (N-methyl/N-ethyl adjacent to an activating group) is 1. The van der Waals surface area contributed by atoms with E-state index in [1.807, 2.05) is 59.3 Å². The molecule has 5 nitrogen and oxygen atoms in total. The third kappa shape index (κ3) is 5.15. The van der Waals surface area contributed by atoms with E-state index in [0.29, 0.717) is 13.1 Å². The zero-order valence-corrected chi connectivity index (χ0v) is 16.7. The maximum atomic E-state index is 12.6. The molecule has 2 aromatic rings. The summed E-state index contributed by atoms with van der Waals surface area (Å²) in [7, 11) is 3.65. The van der Waals surface area contributed by atoms with Crippen molar-refractivity contribution in [3.05, 3.63) is 59.1 Å². The van der Waals surface area contributed by atoms with Crippen LogP contribution in [0.1, 0.15) is 5.56 Å². The molecule has 1 heterocycles. The van der Waals surface area contributed by atoms with Crippen LogP contribution in [0.2, 0.25) is 5.02 Å². The molecular formula is C21H26ClN3O2. The molecule has 0 aromatic heterocycles. The normalized spacial score (nSPS) is 14.5. The van der Waals surface area contributed by atoms with E-state index in [4.69, 9.17) is 16.3 Å². The van der Waals surface area contributed by atoms with Crippen LogP contribution < -0.4 is 9.64 Å². The molecule has 1 amide bonds. The molecule has 0 radical (unpaired) electrons. The average Bonchev–Trinajstić information content (AvgIpc) is 2.68. The van der Waals surface area contributed by atoms with Crippen molar-refractivity contribution >= 4 is 23.2 Å². The first-order valence-corrected chi connectivity index (χ1v) is 9.53. The molecule has 1 aliphatic rings. The zero-order valence-electron chi connectivity index (χ0n) is 15.9. The van der Waals surface area contributed by atoms with Crippen molar-refractivity contribution in [1.29, 1.82) is 0 Å². The van der Waals surface area contributed by atoms with Crippen LogP contribution in [0, 0.1) is 0 Å². The van der Waals surface area contributed by atoms with Crippen molar-refractivity contribution in [2.75, 3.05) is 51.8 Å². The van der Waals surface area contributed by atoms with E-state index in [-0.39, 0.29) is 5.91 Å². The van der Waals surface area contributed by atoms with Crippen LogP contribution in [0.5, 0.6) is 5.75 Å². The summed E-state index contributed by atoms with van der Waals surface area (Å²) in [4.78, 5) is 18.9. The van der Waals surface area contributed by atoms with Gasteiger partial charge in [-0.3, -0.25) is 9.69 Å². The van der Waals surface area contributed by atoms with Gasteiger partial charge in [-0.05, 0) is 36.9 Å². The minimum atomic E-state index is 0.166. The number of benzene rings is 2. The van der Waals surface area contributed by atoms with E-state index < -0.39 is 0 Å². The first kappa shape index (κ1) is 19.5. The number of hydrogen-bond acceptors (Lipinski definition) is 4. The minimum absolute atomic E-state index is 0.166. The third-order valence-electron chi connectivity index (χ3n) is 4.80. The summed E-state index contributed by atoms with van der Waals surface area (Å²) >= 11 is 6.03. The molecule has 1 fully saturated rings. The Hall–Kier alpha value is -2.24. The number of carbonyl (C=O) groups is 1. The Labute approximate surface area is 166 Å². The lowest BCUT2D eigenvalue weighted by Gasteiger charge is -2.37. The van der Waals surface area contributed by atoms with Gasteiger partial charge in [-0.1, -0.05) is 35.9 Å². The highest BCUT2D eigenvalue weighted by Gasteiger charge is 2.23. The van der Waals surface area contributed by atoms with Gasteiger partial charge in [-0.2, -0.15) is 0 Å². The van der Waals surface area contributed by atoms with Crippen molar-refractivity contribution in [2.24, 2.45) is 0 Å². The first-order valence-electron chi connectivity index (χ1n) is 9.15. The molecule has 0 atom stereocenters. The van der Waals surface area contributed by atoms with Gasteiger partial charge < -0.3 is 14.5 Å². The van der Waals surface area contributed by atoms with E-state index in [1.54, 1.807) is 7.11 Å². The maximum Gasteiger partial charge on any atom is 0.236 e. The Balaban J connectivity index is 1.51. The average molecular weight is 388 g/mol. The van der Waals surface area contributed by atoms with E-state index in [2.05, 4.69) is 11.0 Å². The van der Waals surface area contributed by atoms with Crippen LogP contribution in [0.4, 0.5) is 5.69 Å². The Morgan fingerprint density at radius 3 is 2.56 bits per heavy atom. The van der Waals surface area contributed by atoms with E-state index in [9.17, 15) is 4.79 Å². The molecule has 0 N–H and O–H groups in total. The van der Waals surface area contributed by atoms with E-state index in [1.165, 1.54) is 0 Å². The molecular weight excluding hydrogens is 362 g/mol. The van der Waals surface area contributed by atoms with Crippen LogP contribution >= 0.6 is 11.6 Å². The summed E-state index contributed by atoms with van der Waals surface area (Å²) in [5.41, 5.74) is 2.20. The lowest BCUT2D eigenvalue weighted by atomic mass is 10.2. The molecule has 0 unspecified atom stereocenters. The van der Waals surface area contributed by atoms with Gasteiger partial charge in [0, 0.05) is 37.7 Å². The van der Waals surface area contributed by atoms with Crippen LogP contribution in [-0.4, -0.2) is 62.6 Å². The highest BCUT2D eigenvalue weighted by Crippen LogP contribution is 2.28. The molecule has 0 saturated carbocycles. The molecule has 1 saturated heterocycles. The van der Waals surface area contributed by atoms with Gasteiger partial charge in [-0.15, -0.1) is 0 Å². The van der Waals surface area contributed by atoms with Crippen molar-refractivity contribution < 1.29 is 9.53 Å². The Morgan fingerprint density at radius 1 is 1.11 bits per heavy atom. The highest BCUT2D eigenvalue weighted by molar-refractivity contribution is 6.30. The van der Waals surface area contributed by atoms with Crippen molar-refractivity contribution in [1.82, 2.24) is 9.80 Å². The van der Waals surface area contributed by atoms with Gasteiger partial charge in [0.1, 0.15) is 5.75 Å². The Kier molecular flexibility index (Phi) is 6.58. The van der Waals surface area contributed by atoms with Gasteiger partial charge >= 0.3 is 0 Å². The van der Waals surface area contributed by atoms with Gasteiger partial charge in [0.15, 0.2) is 0 Å². The number of nitrogens with zero attached hydrogens (tertiary/aromatic N) is 3. The fraction of sp³-hybridized carbons (Fsp3) is 0.381. The summed E-state index contributed by atoms with van der Waals surface area (Å²) < 4.78 is 5.45. The second kappa shape index (κ2) is 9.11. The van der Waals surface area contributed by atoms with Gasteiger partial charge in [0.05, 0.1) is 19.3 Å². The molecule has 3 rings (SSSR count). The van der Waals surface area contributed by atoms with Crippen LogP contribution in [0.25, 0.3) is 0 Å². The lowest BCUT2D eigenvalue weighted by Crippen LogP contribution is -2.51. The molecule has 0 aliphatic carbocycles. The highest BCUT2D eigenvalue weighted by atomic mass is 35.5. The van der Waals surface area contributed by atoms with Crippen molar-refractivity contribution in [3.8, 4) is 5.75 Å². The number of piperazine rings is 1. The molecule has 1 aliphatic heterocycles. The molecule has 27 heavy (non-hydrogen) atoms. The summed E-state index contributed by atoms with van der Waals surface area (Å²) in [5, 5.41) is 0.722. The van der Waals surface area contributed by atoms with Crippen LogP contribution in [0.15, 0.2) is 48.5 Å². The molecule has 0 bridgehead atoms. The quantitative estimate of drug-likeness (QED) is 0.763. The second-order valence-corrected chi connectivity index (χ2v) is 7.28. The standard InChI is InChI=1S/C21H26ClN3O2/c1-23(15-17-6-5-7-18(22)14-17)16-21(26)25-12-10-24(11-13-25)19-8-3-4-9-20(19)27-2/h3-9,14H,10-13,15-16H2,1-2H3. The first-order chi connectivity index (χ1) is 13.1. The smallest absolute Gasteiger partial charge is 0.236 e. The predicted octanol–water partition coefficient (Wildman–Crippen LogP) is 3.13. The Morgan fingerprint density at radius 2 is 1.85 bits per heavy atom. The molecule has 144 valence electrons. The van der Waals surface area contributed by atoms with Gasteiger partial charge in [-0.25, -0.2) is 0 Å². The number of rotatable bonds is 6. The van der Waals surface area contributed by atoms with Crippen molar-refractivity contribution in [2.45, 2.75) is 6.54 Å². The maximum absolute atomic E-state index is 12.6. The molecule has 2 aromatic carbocycles. The fourth-order valence-corrected chi connectivity index (χ4v) is 3.63. The number of halogens is 1. The number of amides is 1. The monoisotopic (exact) mass is 387 g/mol. The number of carbonyl (C=O) groups excluding carboxylic acids is 1. The number of ether oxygens (including phenoxy) is 1. The summed E-state index contributed by atoms with van der Waals surface area (Å²) in [6, 6.07) is 15.8. The third-order valence-corrected chi connectivity index (χ3v) is 5.04. The molecule has 0 spiro atoms.